The van der Waals surface area contributed by atoms with Crippen LogP contribution in [0.25, 0.3) is 27.6 Å². The van der Waals surface area contributed by atoms with Gasteiger partial charge in [0, 0.05) is 29.1 Å². The van der Waals surface area contributed by atoms with Crippen molar-refractivity contribution in [2.75, 3.05) is 17.6 Å². The molecule has 0 spiro atoms. The van der Waals surface area contributed by atoms with Gasteiger partial charge in [-0.05, 0) is 59.0 Å². The molecule has 0 radical (unpaired) electrons. The van der Waals surface area contributed by atoms with E-state index in [1.807, 2.05) is 58.0 Å². The molecule has 0 saturated heterocycles. The fraction of sp³-hybridized carbons (Fsp3) is 0.259. The zero-order valence-electron chi connectivity index (χ0n) is 20.9. The monoisotopic (exact) mass is 507 g/mol. The predicted octanol–water partition coefficient (Wildman–Crippen LogP) is 4.41. The molecule has 1 aromatic heterocycles. The average Bonchev–Trinajstić information content (AvgIpc) is 2.77. The first kappa shape index (κ1) is 25.2. The Bertz CT molecular complexity index is 1650. The zero-order valence-corrected chi connectivity index (χ0v) is 21.7. The van der Waals surface area contributed by atoms with Gasteiger partial charge in [-0.2, -0.15) is 0 Å². The van der Waals surface area contributed by atoms with E-state index in [0.29, 0.717) is 23.7 Å². The number of fused-ring (bicyclic) bond motifs is 1. The highest BCUT2D eigenvalue weighted by atomic mass is 32.2. The minimum absolute atomic E-state index is 0.344. The number of ether oxygens (including phenoxy) is 1. The molecular weight excluding hydrogens is 478 g/mol. The molecule has 0 aliphatic rings. The Morgan fingerprint density at radius 3 is 2.31 bits per heavy atom. The maximum Gasteiger partial charge on any atom is 0.332 e. The van der Waals surface area contributed by atoms with Gasteiger partial charge in [0.15, 0.2) is 0 Å². The maximum atomic E-state index is 12.6. The Hall–Kier alpha value is -3.85. The van der Waals surface area contributed by atoms with E-state index in [-0.39, 0.29) is 5.41 Å². The number of sulfonamides is 1. The number of aromatic nitrogens is 2. The number of hydrogen-bond acceptors (Lipinski definition) is 5. The van der Waals surface area contributed by atoms with Gasteiger partial charge in [-0.15, -0.1) is 0 Å². The van der Waals surface area contributed by atoms with Crippen molar-refractivity contribution in [3.05, 3.63) is 87.2 Å². The third-order valence-corrected chi connectivity index (χ3v) is 6.35. The lowest BCUT2D eigenvalue weighted by atomic mass is 9.83. The maximum absolute atomic E-state index is 12.6. The van der Waals surface area contributed by atoms with E-state index in [2.05, 4.69) is 9.71 Å². The fourth-order valence-corrected chi connectivity index (χ4v) is 4.73. The van der Waals surface area contributed by atoms with E-state index < -0.39 is 21.3 Å². The summed E-state index contributed by atoms with van der Waals surface area (Å²) in [5.74, 6) is 0.684. The summed E-state index contributed by atoms with van der Waals surface area (Å²) in [6.07, 6.45) is 2.44. The number of nitrogens with one attached hydrogen (secondary N) is 2. The molecule has 4 aromatic rings. The van der Waals surface area contributed by atoms with Crippen LogP contribution in [0, 0.1) is 0 Å². The number of rotatable bonds is 6. The van der Waals surface area contributed by atoms with Gasteiger partial charge in [0.05, 0.1) is 18.6 Å². The van der Waals surface area contributed by atoms with Crippen molar-refractivity contribution >= 4 is 26.5 Å². The zero-order chi connectivity index (χ0) is 26.3. The summed E-state index contributed by atoms with van der Waals surface area (Å²) in [5.41, 5.74) is 2.06. The van der Waals surface area contributed by atoms with Gasteiger partial charge in [0.2, 0.25) is 10.0 Å². The van der Waals surface area contributed by atoms with E-state index in [1.54, 1.807) is 18.2 Å². The first-order chi connectivity index (χ1) is 16.9. The standard InChI is InChI=1S/C27H29N3O5S/c1-6-35-25-22(19-8-7-18-14-20(29-36(5,33)34)10-9-17(18)13-19)15-21(16-23(25)27(2,3)4)30-24(31)11-12-28-26(30)32/h7-16,29H,6H2,1-5H3,(H,28,32). The Labute approximate surface area is 209 Å². The van der Waals surface area contributed by atoms with Crippen LogP contribution in [0.4, 0.5) is 5.69 Å². The molecule has 0 unspecified atom stereocenters. The van der Waals surface area contributed by atoms with E-state index >= 15 is 0 Å². The van der Waals surface area contributed by atoms with Crippen molar-refractivity contribution in [3.8, 4) is 22.6 Å². The lowest BCUT2D eigenvalue weighted by Gasteiger charge is -2.26. The third-order valence-electron chi connectivity index (χ3n) is 5.74. The van der Waals surface area contributed by atoms with Crippen molar-refractivity contribution < 1.29 is 13.2 Å². The van der Waals surface area contributed by atoms with Crippen LogP contribution < -0.4 is 20.7 Å². The number of hydrogen-bond donors (Lipinski definition) is 2. The number of anilines is 1. The molecule has 2 N–H and O–H groups in total. The highest BCUT2D eigenvalue weighted by Crippen LogP contribution is 2.42. The van der Waals surface area contributed by atoms with E-state index in [0.717, 1.165) is 38.3 Å². The van der Waals surface area contributed by atoms with Crippen molar-refractivity contribution in [2.24, 2.45) is 0 Å². The summed E-state index contributed by atoms with van der Waals surface area (Å²) < 4.78 is 33.0. The molecule has 0 bridgehead atoms. The fourth-order valence-electron chi connectivity index (χ4n) is 4.17. The van der Waals surface area contributed by atoms with Crippen LogP contribution >= 0.6 is 0 Å². The molecule has 4 rings (SSSR count). The molecule has 8 nitrogen and oxygen atoms in total. The lowest BCUT2D eigenvalue weighted by Crippen LogP contribution is -2.32. The van der Waals surface area contributed by atoms with Gasteiger partial charge >= 0.3 is 5.69 Å². The molecule has 0 fully saturated rings. The second-order valence-corrected chi connectivity index (χ2v) is 11.4. The van der Waals surface area contributed by atoms with Gasteiger partial charge in [-0.25, -0.2) is 17.8 Å². The second-order valence-electron chi connectivity index (χ2n) is 9.66. The molecule has 0 aliphatic heterocycles. The molecule has 0 saturated carbocycles. The van der Waals surface area contributed by atoms with Gasteiger partial charge in [0.25, 0.3) is 5.56 Å². The van der Waals surface area contributed by atoms with E-state index in [9.17, 15) is 18.0 Å². The van der Waals surface area contributed by atoms with Crippen LogP contribution in [0.15, 0.2) is 70.4 Å². The first-order valence-electron chi connectivity index (χ1n) is 11.5. The summed E-state index contributed by atoms with van der Waals surface area (Å²) in [5, 5.41) is 1.75. The van der Waals surface area contributed by atoms with Gasteiger partial charge in [0.1, 0.15) is 5.75 Å². The van der Waals surface area contributed by atoms with Crippen LogP contribution in [0.2, 0.25) is 0 Å². The Balaban J connectivity index is 1.98. The van der Waals surface area contributed by atoms with E-state index in [1.165, 1.54) is 12.3 Å². The van der Waals surface area contributed by atoms with Crippen molar-refractivity contribution in [1.29, 1.82) is 0 Å². The third kappa shape index (κ3) is 5.21. The number of H-pyrrole nitrogens is 1. The van der Waals surface area contributed by atoms with Crippen LogP contribution in [-0.2, 0) is 15.4 Å². The highest BCUT2D eigenvalue weighted by molar-refractivity contribution is 7.92. The molecule has 188 valence electrons. The smallest absolute Gasteiger partial charge is 0.332 e. The van der Waals surface area contributed by atoms with E-state index in [4.69, 9.17) is 4.74 Å². The van der Waals surface area contributed by atoms with Crippen molar-refractivity contribution in [3.63, 3.8) is 0 Å². The highest BCUT2D eigenvalue weighted by Gasteiger charge is 2.25. The topological polar surface area (TPSA) is 110 Å². The Morgan fingerprint density at radius 1 is 0.972 bits per heavy atom. The molecule has 0 aliphatic carbocycles. The van der Waals surface area contributed by atoms with Gasteiger partial charge in [-0.3, -0.25) is 9.52 Å². The van der Waals surface area contributed by atoms with Crippen LogP contribution in [0.3, 0.4) is 0 Å². The van der Waals surface area contributed by atoms with Crippen LogP contribution in [0.5, 0.6) is 5.75 Å². The Morgan fingerprint density at radius 2 is 1.67 bits per heavy atom. The van der Waals surface area contributed by atoms with Crippen molar-refractivity contribution in [2.45, 2.75) is 33.1 Å². The van der Waals surface area contributed by atoms with Crippen LogP contribution in [-0.4, -0.2) is 30.8 Å². The summed E-state index contributed by atoms with van der Waals surface area (Å²) in [6.45, 7) is 8.50. The number of nitrogens with zero attached hydrogens (tertiary/aromatic N) is 1. The van der Waals surface area contributed by atoms with Crippen molar-refractivity contribution in [1.82, 2.24) is 9.55 Å². The second kappa shape index (κ2) is 9.31. The largest absolute Gasteiger partial charge is 0.493 e. The SMILES string of the molecule is CCOc1c(-c2ccc3cc(NS(C)(=O)=O)ccc3c2)cc(-n2c(=O)cc[nH]c2=O)cc1C(C)(C)C. The number of aromatic amines is 1. The Kier molecular flexibility index (Phi) is 6.53. The molecule has 36 heavy (non-hydrogen) atoms. The normalized spacial score (nSPS) is 12.0. The molecule has 3 aromatic carbocycles. The lowest BCUT2D eigenvalue weighted by molar-refractivity contribution is 0.331. The summed E-state index contributed by atoms with van der Waals surface area (Å²) in [7, 11) is -3.39. The first-order valence-corrected chi connectivity index (χ1v) is 13.4. The van der Waals surface area contributed by atoms with Gasteiger partial charge in [-0.1, -0.05) is 39.0 Å². The molecule has 1 heterocycles. The molecule has 0 atom stereocenters. The average molecular weight is 508 g/mol. The summed E-state index contributed by atoms with van der Waals surface area (Å²) >= 11 is 0. The minimum Gasteiger partial charge on any atom is -0.493 e. The molecule has 0 amide bonds. The van der Waals surface area contributed by atoms with Crippen LogP contribution in [0.1, 0.15) is 33.3 Å². The molecule has 9 heteroatoms. The minimum atomic E-state index is -3.39. The summed E-state index contributed by atoms with van der Waals surface area (Å²) in [4.78, 5) is 27.8. The van der Waals surface area contributed by atoms with Gasteiger partial charge < -0.3 is 9.72 Å². The summed E-state index contributed by atoms with van der Waals surface area (Å²) in [6, 6.07) is 16.0. The molecular formula is C27H29N3O5S. The predicted molar refractivity (Wildman–Crippen MR) is 144 cm³/mol. The number of benzene rings is 3. The quantitative estimate of drug-likeness (QED) is 0.402.